The van der Waals surface area contributed by atoms with Crippen molar-refractivity contribution < 1.29 is 48.3 Å². The predicted octanol–water partition coefficient (Wildman–Crippen LogP) is 4.13. The molecule has 1 aliphatic rings. The summed E-state index contributed by atoms with van der Waals surface area (Å²) in [6.07, 6.45) is -10.3. The summed E-state index contributed by atoms with van der Waals surface area (Å²) in [6.45, 7) is -1.53. The highest BCUT2D eigenvalue weighted by Gasteiger charge is 2.44. The number of nitrogens with zero attached hydrogens (tertiary/aromatic N) is 4. The Labute approximate surface area is 221 Å². The highest BCUT2D eigenvalue weighted by atomic mass is 32.2. The topological polar surface area (TPSA) is 105 Å². The molecule has 1 aliphatic heterocycles. The number of alkyl halides is 7. The normalized spacial score (nSPS) is 18.6. The lowest BCUT2D eigenvalue weighted by atomic mass is 10.1. The molecule has 2 aromatic heterocycles. The lowest BCUT2D eigenvalue weighted by Gasteiger charge is -2.23. The van der Waals surface area contributed by atoms with Gasteiger partial charge in [-0.1, -0.05) is 0 Å². The summed E-state index contributed by atoms with van der Waals surface area (Å²) in [5.41, 5.74) is -2.23. The molecule has 3 aromatic rings. The van der Waals surface area contributed by atoms with E-state index in [0.717, 1.165) is 30.3 Å². The van der Waals surface area contributed by atoms with Gasteiger partial charge in [-0.15, -0.1) is 0 Å². The van der Waals surface area contributed by atoms with E-state index in [4.69, 9.17) is 0 Å². The van der Waals surface area contributed by atoms with Crippen molar-refractivity contribution in [2.24, 2.45) is 0 Å². The molecule has 40 heavy (non-hydrogen) atoms. The average Bonchev–Trinajstić information content (AvgIpc) is 3.29. The number of benzene rings is 1. The fourth-order valence-electron chi connectivity index (χ4n) is 3.97. The molecule has 1 N–H and O–H groups in total. The molecule has 4 rings (SSSR count). The van der Waals surface area contributed by atoms with Crippen molar-refractivity contribution in [2.75, 3.05) is 6.54 Å². The standard InChI is InChI=1S/C23H17F8N5O3S/c24-14-1-3-16(4-2-14)40(38,39)36-11-15(25)6-19(36)20(37)33-7-12-5-18(32-10-17(12)22(26,27)28)13-8-34-21(35-9-13)23(29,30)31/h1-5,8-10,15,19H,6-7,11H2,(H,33,37)/t15-,19+/m1/s1. The number of aromatic nitrogens is 3. The quantitative estimate of drug-likeness (QED) is 0.430. The van der Waals surface area contributed by atoms with Crippen LogP contribution in [-0.4, -0.2) is 52.3 Å². The zero-order valence-corrected chi connectivity index (χ0v) is 20.7. The fourth-order valence-corrected chi connectivity index (χ4v) is 5.59. The Bertz CT molecular complexity index is 1500. The van der Waals surface area contributed by atoms with Crippen molar-refractivity contribution >= 4 is 15.9 Å². The van der Waals surface area contributed by atoms with Gasteiger partial charge in [0.2, 0.25) is 21.8 Å². The largest absolute Gasteiger partial charge is 0.451 e. The van der Waals surface area contributed by atoms with Gasteiger partial charge in [-0.25, -0.2) is 27.2 Å². The Morgan fingerprint density at radius 3 is 2.17 bits per heavy atom. The van der Waals surface area contributed by atoms with Crippen molar-refractivity contribution in [1.82, 2.24) is 24.6 Å². The number of pyridine rings is 1. The molecule has 1 aromatic carbocycles. The SMILES string of the molecule is O=C(NCc1cc(-c2cnc(C(F)(F)F)nc2)ncc1C(F)(F)F)[C@@H]1C[C@@H](F)CN1S(=O)(=O)c1ccc(F)cc1. The van der Waals surface area contributed by atoms with Gasteiger partial charge < -0.3 is 5.32 Å². The van der Waals surface area contributed by atoms with Gasteiger partial charge in [-0.2, -0.15) is 30.6 Å². The van der Waals surface area contributed by atoms with Gasteiger partial charge >= 0.3 is 12.4 Å². The van der Waals surface area contributed by atoms with E-state index in [1.807, 2.05) is 0 Å². The second-order valence-corrected chi connectivity index (χ2v) is 10.5. The summed E-state index contributed by atoms with van der Waals surface area (Å²) in [5.74, 6) is -3.31. The van der Waals surface area contributed by atoms with E-state index in [2.05, 4.69) is 20.3 Å². The first-order chi connectivity index (χ1) is 18.6. The first kappa shape index (κ1) is 29.3. The number of amides is 1. The smallest absolute Gasteiger partial charge is 0.351 e. The first-order valence-corrected chi connectivity index (χ1v) is 12.7. The molecule has 17 heteroatoms. The van der Waals surface area contributed by atoms with Crippen molar-refractivity contribution in [3.05, 3.63) is 71.7 Å². The minimum Gasteiger partial charge on any atom is -0.351 e. The van der Waals surface area contributed by atoms with Gasteiger partial charge in [0.05, 0.1) is 16.2 Å². The van der Waals surface area contributed by atoms with Crippen LogP contribution in [0.25, 0.3) is 11.3 Å². The van der Waals surface area contributed by atoms with Crippen LogP contribution >= 0.6 is 0 Å². The lowest BCUT2D eigenvalue weighted by molar-refractivity contribution is -0.145. The zero-order chi connectivity index (χ0) is 29.5. The molecule has 1 saturated heterocycles. The molecular weight excluding hydrogens is 578 g/mol. The molecular formula is C23H17F8N5O3S. The number of sulfonamides is 1. The maximum atomic E-state index is 14.2. The maximum Gasteiger partial charge on any atom is 0.451 e. The molecule has 1 fully saturated rings. The highest BCUT2D eigenvalue weighted by Crippen LogP contribution is 2.34. The van der Waals surface area contributed by atoms with E-state index in [1.54, 1.807) is 0 Å². The third-order valence-corrected chi connectivity index (χ3v) is 7.77. The van der Waals surface area contributed by atoms with E-state index >= 15 is 0 Å². The number of halogens is 8. The number of nitrogens with one attached hydrogen (secondary N) is 1. The molecule has 0 spiro atoms. The fraction of sp³-hybridized carbons (Fsp3) is 0.304. The van der Waals surface area contributed by atoms with Crippen LogP contribution < -0.4 is 5.32 Å². The number of carbonyl (C=O) groups is 1. The molecule has 0 unspecified atom stereocenters. The van der Waals surface area contributed by atoms with Crippen LogP contribution in [0.5, 0.6) is 0 Å². The summed E-state index contributed by atoms with van der Waals surface area (Å²) in [5, 5.41) is 2.16. The summed E-state index contributed by atoms with van der Waals surface area (Å²) in [6, 6.07) is 2.78. The van der Waals surface area contributed by atoms with E-state index in [0.29, 0.717) is 22.9 Å². The molecule has 0 aliphatic carbocycles. The molecule has 0 radical (unpaired) electrons. The number of rotatable bonds is 6. The van der Waals surface area contributed by atoms with Crippen LogP contribution in [0.4, 0.5) is 35.1 Å². The van der Waals surface area contributed by atoms with Crippen LogP contribution in [-0.2, 0) is 33.7 Å². The minimum atomic E-state index is -4.95. The summed E-state index contributed by atoms with van der Waals surface area (Å²) in [7, 11) is -4.47. The van der Waals surface area contributed by atoms with Crippen molar-refractivity contribution in [1.29, 1.82) is 0 Å². The molecule has 0 saturated carbocycles. The van der Waals surface area contributed by atoms with Crippen LogP contribution in [0.2, 0.25) is 0 Å². The number of hydrogen-bond donors (Lipinski definition) is 1. The maximum absolute atomic E-state index is 14.2. The van der Waals surface area contributed by atoms with Gasteiger partial charge in [-0.05, 0) is 35.9 Å². The molecule has 0 bridgehead atoms. The van der Waals surface area contributed by atoms with Crippen LogP contribution in [0.1, 0.15) is 23.4 Å². The third-order valence-electron chi connectivity index (χ3n) is 5.88. The van der Waals surface area contributed by atoms with E-state index < -0.39 is 87.7 Å². The predicted molar refractivity (Wildman–Crippen MR) is 121 cm³/mol. The Hall–Kier alpha value is -3.73. The lowest BCUT2D eigenvalue weighted by Crippen LogP contribution is -2.45. The Balaban J connectivity index is 1.58. The highest BCUT2D eigenvalue weighted by molar-refractivity contribution is 7.89. The van der Waals surface area contributed by atoms with Crippen LogP contribution in [0, 0.1) is 5.82 Å². The zero-order valence-electron chi connectivity index (χ0n) is 19.8. The Morgan fingerprint density at radius 2 is 1.60 bits per heavy atom. The number of carbonyl (C=O) groups excluding carboxylic acids is 1. The van der Waals surface area contributed by atoms with Gasteiger partial charge in [0.15, 0.2) is 0 Å². The monoisotopic (exact) mass is 595 g/mol. The van der Waals surface area contributed by atoms with Gasteiger partial charge in [-0.3, -0.25) is 9.78 Å². The summed E-state index contributed by atoms with van der Waals surface area (Å²) < 4.78 is 133. The van der Waals surface area contributed by atoms with Crippen LogP contribution in [0.15, 0.2) is 53.8 Å². The van der Waals surface area contributed by atoms with Gasteiger partial charge in [0.1, 0.15) is 18.0 Å². The molecule has 214 valence electrons. The summed E-state index contributed by atoms with van der Waals surface area (Å²) >= 11 is 0. The minimum absolute atomic E-state index is 0.151. The Morgan fingerprint density at radius 1 is 0.975 bits per heavy atom. The molecule has 2 atom stereocenters. The summed E-state index contributed by atoms with van der Waals surface area (Å²) in [4.78, 5) is 22.3. The second kappa shape index (κ2) is 10.7. The van der Waals surface area contributed by atoms with Crippen LogP contribution in [0.3, 0.4) is 0 Å². The van der Waals surface area contributed by atoms with Crippen molar-refractivity contribution in [3.8, 4) is 11.3 Å². The second-order valence-electron chi connectivity index (χ2n) is 8.61. The molecule has 1 amide bonds. The van der Waals surface area contributed by atoms with E-state index in [1.165, 1.54) is 0 Å². The van der Waals surface area contributed by atoms with E-state index in [-0.39, 0.29) is 11.3 Å². The van der Waals surface area contributed by atoms with Gasteiger partial charge in [0, 0.05) is 43.7 Å². The van der Waals surface area contributed by atoms with Crippen molar-refractivity contribution in [3.63, 3.8) is 0 Å². The number of hydrogen-bond acceptors (Lipinski definition) is 6. The average molecular weight is 595 g/mol. The first-order valence-electron chi connectivity index (χ1n) is 11.2. The third kappa shape index (κ3) is 6.19. The van der Waals surface area contributed by atoms with Crippen molar-refractivity contribution in [2.45, 2.75) is 42.4 Å². The van der Waals surface area contributed by atoms with E-state index in [9.17, 15) is 48.3 Å². The molecule has 3 heterocycles. The molecule has 8 nitrogen and oxygen atoms in total. The Kier molecular flexibility index (Phi) is 7.81. The van der Waals surface area contributed by atoms with Gasteiger partial charge in [0.25, 0.3) is 0 Å².